The molecule has 2 rings (SSSR count). The summed E-state index contributed by atoms with van der Waals surface area (Å²) in [5.74, 6) is -3.00. The Kier molecular flexibility index (Phi) is 5.69. The molecule has 0 radical (unpaired) electrons. The first-order valence-electron chi connectivity index (χ1n) is 7.64. The van der Waals surface area contributed by atoms with E-state index in [0.717, 1.165) is 12.8 Å². The predicted molar refractivity (Wildman–Crippen MR) is 79.4 cm³/mol. The van der Waals surface area contributed by atoms with Crippen LogP contribution in [0.4, 0.5) is 8.78 Å². The van der Waals surface area contributed by atoms with Crippen molar-refractivity contribution in [3.8, 4) is 5.75 Å². The summed E-state index contributed by atoms with van der Waals surface area (Å²) in [7, 11) is 1.36. The van der Waals surface area contributed by atoms with Gasteiger partial charge in [-0.2, -0.15) is 4.39 Å². The van der Waals surface area contributed by atoms with E-state index in [1.165, 1.54) is 26.2 Å². The van der Waals surface area contributed by atoms with Crippen LogP contribution in [0.3, 0.4) is 0 Å². The lowest BCUT2D eigenvalue weighted by molar-refractivity contribution is -0.142. The van der Waals surface area contributed by atoms with E-state index >= 15 is 0 Å². The first-order valence-corrected chi connectivity index (χ1v) is 7.64. The number of hydrogen-bond acceptors (Lipinski definition) is 4. The highest BCUT2D eigenvalue weighted by Gasteiger charge is 2.26. The molecule has 0 aliphatic heterocycles. The number of halogens is 2. The maximum absolute atomic E-state index is 14.0. The molecule has 0 saturated heterocycles. The minimum Gasteiger partial charge on any atom is -0.487 e. The van der Waals surface area contributed by atoms with Crippen LogP contribution in [0.1, 0.15) is 49.4 Å². The Morgan fingerprint density at radius 3 is 2.35 bits per heavy atom. The Morgan fingerprint density at radius 2 is 1.78 bits per heavy atom. The summed E-state index contributed by atoms with van der Waals surface area (Å²) in [6, 6.07) is 2.52. The zero-order chi connectivity index (χ0) is 17.0. The fraction of sp³-hybridized carbons (Fsp3) is 0.529. The third-order valence-electron chi connectivity index (χ3n) is 4.20. The fourth-order valence-corrected chi connectivity index (χ4v) is 2.85. The van der Waals surface area contributed by atoms with Crippen LogP contribution in [-0.4, -0.2) is 25.0 Å². The standard InChI is InChI=1S/C17H20F2O4/c1-10(20)13-7-8-14(17(19)16(13)18)23-12-5-3-11(4-6-12)9-15(21)22-2/h7-8,11-12H,3-6,9H2,1-2H3. The van der Waals surface area contributed by atoms with E-state index in [9.17, 15) is 18.4 Å². The van der Waals surface area contributed by atoms with Crippen molar-refractivity contribution >= 4 is 11.8 Å². The molecule has 0 N–H and O–H groups in total. The number of esters is 1. The predicted octanol–water partition coefficient (Wildman–Crippen LogP) is 3.67. The summed E-state index contributed by atoms with van der Waals surface area (Å²) in [6.07, 6.45) is 3.03. The number of carbonyl (C=O) groups excluding carboxylic acids is 2. The van der Waals surface area contributed by atoms with Gasteiger partial charge in [-0.3, -0.25) is 9.59 Å². The fourth-order valence-electron chi connectivity index (χ4n) is 2.85. The molecule has 0 aromatic heterocycles. The smallest absolute Gasteiger partial charge is 0.305 e. The normalized spacial score (nSPS) is 20.9. The van der Waals surface area contributed by atoms with Crippen LogP contribution in [0.2, 0.25) is 0 Å². The van der Waals surface area contributed by atoms with E-state index in [-0.39, 0.29) is 29.3 Å². The topological polar surface area (TPSA) is 52.6 Å². The Hall–Kier alpha value is -1.98. The van der Waals surface area contributed by atoms with Crippen molar-refractivity contribution in [2.24, 2.45) is 5.92 Å². The van der Waals surface area contributed by atoms with Crippen LogP contribution >= 0.6 is 0 Å². The monoisotopic (exact) mass is 326 g/mol. The molecular weight excluding hydrogens is 306 g/mol. The van der Waals surface area contributed by atoms with E-state index in [2.05, 4.69) is 4.74 Å². The average molecular weight is 326 g/mol. The molecule has 1 saturated carbocycles. The van der Waals surface area contributed by atoms with E-state index in [1.54, 1.807) is 0 Å². The summed E-state index contributed by atoms with van der Waals surface area (Å²) < 4.78 is 37.9. The van der Waals surface area contributed by atoms with Crippen LogP contribution in [0.25, 0.3) is 0 Å². The Morgan fingerprint density at radius 1 is 1.13 bits per heavy atom. The molecule has 0 atom stereocenters. The highest BCUT2D eigenvalue weighted by Crippen LogP contribution is 2.31. The molecule has 4 nitrogen and oxygen atoms in total. The highest BCUT2D eigenvalue weighted by atomic mass is 19.2. The minimum atomic E-state index is -1.17. The quantitative estimate of drug-likeness (QED) is 0.612. The van der Waals surface area contributed by atoms with Crippen molar-refractivity contribution in [1.29, 1.82) is 0 Å². The van der Waals surface area contributed by atoms with Gasteiger partial charge in [-0.1, -0.05) is 0 Å². The number of methoxy groups -OCH3 is 1. The summed E-state index contributed by atoms with van der Waals surface area (Å²) in [4.78, 5) is 22.4. The van der Waals surface area contributed by atoms with E-state index in [4.69, 9.17) is 4.74 Å². The molecule has 0 amide bonds. The number of Topliss-reactive ketones (excluding diaryl/α,β-unsaturated/α-hetero) is 1. The molecule has 0 spiro atoms. The number of ether oxygens (including phenoxy) is 2. The SMILES string of the molecule is COC(=O)CC1CCC(Oc2ccc(C(C)=O)c(F)c2F)CC1. The molecule has 126 valence electrons. The third kappa shape index (κ3) is 4.27. The number of benzene rings is 1. The summed E-state index contributed by atoms with van der Waals surface area (Å²) in [5.41, 5.74) is -0.281. The van der Waals surface area contributed by atoms with Crippen molar-refractivity contribution in [2.75, 3.05) is 7.11 Å². The van der Waals surface area contributed by atoms with Crippen molar-refractivity contribution < 1.29 is 27.8 Å². The largest absolute Gasteiger partial charge is 0.487 e. The van der Waals surface area contributed by atoms with Gasteiger partial charge in [0.15, 0.2) is 17.3 Å². The molecule has 1 aromatic carbocycles. The molecule has 23 heavy (non-hydrogen) atoms. The second-order valence-corrected chi connectivity index (χ2v) is 5.84. The van der Waals surface area contributed by atoms with Gasteiger partial charge in [-0.15, -0.1) is 0 Å². The summed E-state index contributed by atoms with van der Waals surface area (Å²) in [6.45, 7) is 1.18. The molecule has 1 aromatic rings. The Bertz CT molecular complexity index is 593. The molecule has 1 fully saturated rings. The van der Waals surface area contributed by atoms with Crippen LogP contribution in [-0.2, 0) is 9.53 Å². The van der Waals surface area contributed by atoms with E-state index in [1.807, 2.05) is 0 Å². The van der Waals surface area contributed by atoms with Gasteiger partial charge >= 0.3 is 5.97 Å². The summed E-state index contributed by atoms with van der Waals surface area (Å²) in [5, 5.41) is 0. The van der Waals surface area contributed by atoms with Crippen LogP contribution < -0.4 is 4.74 Å². The minimum absolute atomic E-state index is 0.177. The first-order chi connectivity index (χ1) is 10.9. The molecular formula is C17H20F2O4. The lowest BCUT2D eigenvalue weighted by Crippen LogP contribution is -2.26. The molecule has 1 aliphatic carbocycles. The molecule has 6 heteroatoms. The third-order valence-corrected chi connectivity index (χ3v) is 4.20. The average Bonchev–Trinajstić information content (AvgIpc) is 2.53. The highest BCUT2D eigenvalue weighted by molar-refractivity contribution is 5.94. The van der Waals surface area contributed by atoms with Crippen LogP contribution in [0, 0.1) is 17.6 Å². The van der Waals surface area contributed by atoms with Gasteiger partial charge in [-0.25, -0.2) is 4.39 Å². The second kappa shape index (κ2) is 7.53. The summed E-state index contributed by atoms with van der Waals surface area (Å²) >= 11 is 0. The van der Waals surface area contributed by atoms with Gasteiger partial charge in [-0.05, 0) is 50.7 Å². The molecule has 0 bridgehead atoms. The number of rotatable bonds is 5. The zero-order valence-corrected chi connectivity index (χ0v) is 13.2. The van der Waals surface area contributed by atoms with Gasteiger partial charge in [0.1, 0.15) is 0 Å². The van der Waals surface area contributed by atoms with Gasteiger partial charge in [0.2, 0.25) is 5.82 Å². The van der Waals surface area contributed by atoms with Gasteiger partial charge in [0.05, 0.1) is 18.8 Å². The molecule has 0 heterocycles. The molecule has 1 aliphatic rings. The van der Waals surface area contributed by atoms with Crippen molar-refractivity contribution in [2.45, 2.75) is 45.1 Å². The van der Waals surface area contributed by atoms with Crippen molar-refractivity contribution in [3.05, 3.63) is 29.3 Å². The van der Waals surface area contributed by atoms with E-state index in [0.29, 0.717) is 19.3 Å². The Balaban J connectivity index is 1.95. The lowest BCUT2D eigenvalue weighted by Gasteiger charge is -2.28. The first kappa shape index (κ1) is 17.4. The lowest BCUT2D eigenvalue weighted by atomic mass is 9.85. The van der Waals surface area contributed by atoms with Crippen molar-refractivity contribution in [3.63, 3.8) is 0 Å². The van der Waals surface area contributed by atoms with Gasteiger partial charge < -0.3 is 9.47 Å². The number of hydrogen-bond donors (Lipinski definition) is 0. The van der Waals surface area contributed by atoms with E-state index < -0.39 is 17.4 Å². The van der Waals surface area contributed by atoms with Gasteiger partial charge in [0.25, 0.3) is 0 Å². The van der Waals surface area contributed by atoms with Crippen LogP contribution in [0.5, 0.6) is 5.75 Å². The van der Waals surface area contributed by atoms with Gasteiger partial charge in [0, 0.05) is 6.42 Å². The maximum Gasteiger partial charge on any atom is 0.305 e. The second-order valence-electron chi connectivity index (χ2n) is 5.84. The Labute approximate surface area is 133 Å². The van der Waals surface area contributed by atoms with Crippen LogP contribution in [0.15, 0.2) is 12.1 Å². The number of ketones is 1. The zero-order valence-electron chi connectivity index (χ0n) is 13.2. The maximum atomic E-state index is 14.0. The molecule has 0 unspecified atom stereocenters. The van der Waals surface area contributed by atoms with Crippen molar-refractivity contribution in [1.82, 2.24) is 0 Å². The number of carbonyl (C=O) groups is 2.